The van der Waals surface area contributed by atoms with Crippen molar-refractivity contribution in [3.63, 3.8) is 0 Å². The van der Waals surface area contributed by atoms with Crippen LogP contribution in [0.15, 0.2) is 23.1 Å². The first-order valence-electron chi connectivity index (χ1n) is 5.33. The normalized spacial score (nSPS) is 12.8. The number of hydrogen-bond donors (Lipinski definition) is 1. The summed E-state index contributed by atoms with van der Waals surface area (Å²) < 4.78 is 0. The van der Waals surface area contributed by atoms with Crippen LogP contribution in [0.25, 0.3) is 0 Å². The summed E-state index contributed by atoms with van der Waals surface area (Å²) in [6.45, 7) is 4.16. The molecule has 0 aliphatic heterocycles. The number of thioether (sulfide) groups is 1. The van der Waals surface area contributed by atoms with E-state index in [-0.39, 0.29) is 6.04 Å². The quantitative estimate of drug-likeness (QED) is 0.618. The van der Waals surface area contributed by atoms with Gasteiger partial charge in [-0.25, -0.2) is 0 Å². The van der Waals surface area contributed by atoms with Gasteiger partial charge in [-0.3, -0.25) is 0 Å². The van der Waals surface area contributed by atoms with Crippen LogP contribution in [0.4, 0.5) is 0 Å². The molecule has 0 aliphatic carbocycles. The third-order valence-electron chi connectivity index (χ3n) is 2.24. The fraction of sp³-hybridized carbons (Fsp3) is 0.500. The van der Waals surface area contributed by atoms with E-state index in [0.29, 0.717) is 0 Å². The topological polar surface area (TPSA) is 26.0 Å². The first-order chi connectivity index (χ1) is 7.15. The van der Waals surface area contributed by atoms with Gasteiger partial charge >= 0.3 is 0 Å². The lowest BCUT2D eigenvalue weighted by Crippen LogP contribution is -2.04. The maximum atomic E-state index is 6.18. The van der Waals surface area contributed by atoms with Gasteiger partial charge in [0.25, 0.3) is 0 Å². The first-order valence-corrected chi connectivity index (χ1v) is 6.69. The van der Waals surface area contributed by atoms with Crippen molar-refractivity contribution in [2.24, 2.45) is 5.73 Å². The second-order valence-electron chi connectivity index (χ2n) is 3.68. The Morgan fingerprint density at radius 1 is 1.47 bits per heavy atom. The van der Waals surface area contributed by atoms with Gasteiger partial charge in [0.2, 0.25) is 0 Å². The average molecular weight is 244 g/mol. The molecule has 0 saturated heterocycles. The molecule has 1 nitrogen and oxygen atoms in total. The molecule has 1 aromatic rings. The highest BCUT2D eigenvalue weighted by Gasteiger charge is 2.04. The number of benzene rings is 1. The van der Waals surface area contributed by atoms with Crippen LogP contribution in [-0.2, 0) is 0 Å². The van der Waals surface area contributed by atoms with Crippen LogP contribution in [0.1, 0.15) is 38.3 Å². The number of unbranched alkanes of at least 4 members (excludes halogenated alkanes) is 1. The summed E-state index contributed by atoms with van der Waals surface area (Å²) in [5, 5.41) is 0.825. The second-order valence-corrected chi connectivity index (χ2v) is 5.22. The molecule has 0 aliphatic rings. The molecule has 84 valence electrons. The minimum absolute atomic E-state index is 0.0530. The largest absolute Gasteiger partial charge is 0.324 e. The smallest absolute Gasteiger partial charge is 0.0545 e. The SMILES string of the molecule is CCCCSc1ccc([C@@H](C)N)cc1Cl. The van der Waals surface area contributed by atoms with Crippen LogP contribution in [0, 0.1) is 0 Å². The van der Waals surface area contributed by atoms with Crippen LogP contribution in [0.3, 0.4) is 0 Å². The summed E-state index contributed by atoms with van der Waals surface area (Å²) in [6.07, 6.45) is 2.46. The van der Waals surface area contributed by atoms with E-state index in [1.54, 1.807) is 0 Å². The van der Waals surface area contributed by atoms with E-state index in [0.717, 1.165) is 21.2 Å². The summed E-state index contributed by atoms with van der Waals surface area (Å²) >= 11 is 8.00. The highest BCUT2D eigenvalue weighted by atomic mass is 35.5. The lowest BCUT2D eigenvalue weighted by Gasteiger charge is -2.09. The molecule has 1 rings (SSSR count). The monoisotopic (exact) mass is 243 g/mol. The van der Waals surface area contributed by atoms with Gasteiger partial charge in [-0.2, -0.15) is 0 Å². The number of rotatable bonds is 5. The molecular formula is C12H18ClNS. The lowest BCUT2D eigenvalue weighted by molar-refractivity contribution is 0.817. The van der Waals surface area contributed by atoms with E-state index in [9.17, 15) is 0 Å². The number of nitrogens with two attached hydrogens (primary N) is 1. The molecule has 15 heavy (non-hydrogen) atoms. The summed E-state index contributed by atoms with van der Waals surface area (Å²) in [5.74, 6) is 1.13. The lowest BCUT2D eigenvalue weighted by atomic mass is 10.1. The molecule has 0 spiro atoms. The van der Waals surface area contributed by atoms with Gasteiger partial charge in [0.05, 0.1) is 5.02 Å². The maximum Gasteiger partial charge on any atom is 0.0545 e. The highest BCUT2D eigenvalue weighted by molar-refractivity contribution is 7.99. The van der Waals surface area contributed by atoms with Crippen LogP contribution < -0.4 is 5.73 Å². The summed E-state index contributed by atoms with van der Waals surface area (Å²) in [4.78, 5) is 1.16. The Morgan fingerprint density at radius 2 is 2.20 bits per heavy atom. The van der Waals surface area contributed by atoms with Gasteiger partial charge in [0.15, 0.2) is 0 Å². The van der Waals surface area contributed by atoms with E-state index in [1.165, 1.54) is 12.8 Å². The van der Waals surface area contributed by atoms with Gasteiger partial charge < -0.3 is 5.73 Å². The fourth-order valence-corrected chi connectivity index (χ4v) is 2.61. The molecule has 0 radical (unpaired) electrons. The zero-order chi connectivity index (χ0) is 11.3. The molecule has 0 heterocycles. The Kier molecular flexibility index (Phi) is 5.51. The number of halogens is 1. The number of hydrogen-bond acceptors (Lipinski definition) is 2. The Morgan fingerprint density at radius 3 is 2.73 bits per heavy atom. The molecule has 0 aromatic heterocycles. The van der Waals surface area contributed by atoms with Crippen LogP contribution in [0.5, 0.6) is 0 Å². The molecule has 0 saturated carbocycles. The van der Waals surface area contributed by atoms with Gasteiger partial charge in [-0.15, -0.1) is 11.8 Å². The van der Waals surface area contributed by atoms with Crippen molar-refractivity contribution in [1.82, 2.24) is 0 Å². The Labute approximate surface area is 101 Å². The Bertz CT molecular complexity index is 312. The van der Waals surface area contributed by atoms with Crippen LogP contribution in [0.2, 0.25) is 5.02 Å². The zero-order valence-electron chi connectivity index (χ0n) is 9.29. The molecule has 0 bridgehead atoms. The van der Waals surface area contributed by atoms with E-state index in [1.807, 2.05) is 24.8 Å². The van der Waals surface area contributed by atoms with Gasteiger partial charge in [-0.1, -0.05) is 31.0 Å². The predicted octanol–water partition coefficient (Wildman–Crippen LogP) is 4.25. The van der Waals surface area contributed by atoms with Gasteiger partial charge in [0, 0.05) is 10.9 Å². The van der Waals surface area contributed by atoms with E-state index < -0.39 is 0 Å². The van der Waals surface area contributed by atoms with Crippen molar-refractivity contribution in [1.29, 1.82) is 0 Å². The van der Waals surface area contributed by atoms with Crippen LogP contribution in [-0.4, -0.2) is 5.75 Å². The Hall–Kier alpha value is -0.180. The third-order valence-corrected chi connectivity index (χ3v) is 3.82. The molecule has 0 unspecified atom stereocenters. The van der Waals surface area contributed by atoms with Gasteiger partial charge in [-0.05, 0) is 36.8 Å². The first kappa shape index (κ1) is 12.9. The van der Waals surface area contributed by atoms with Crippen LogP contribution >= 0.6 is 23.4 Å². The maximum absolute atomic E-state index is 6.18. The molecular weight excluding hydrogens is 226 g/mol. The summed E-state index contributed by atoms with van der Waals surface area (Å²) in [6, 6.07) is 6.16. The molecule has 3 heteroatoms. The van der Waals surface area contributed by atoms with Crippen molar-refractivity contribution < 1.29 is 0 Å². The zero-order valence-corrected chi connectivity index (χ0v) is 10.9. The fourth-order valence-electron chi connectivity index (χ4n) is 1.24. The summed E-state index contributed by atoms with van der Waals surface area (Å²) in [5.41, 5.74) is 6.89. The minimum atomic E-state index is 0.0530. The van der Waals surface area contributed by atoms with Crippen molar-refractivity contribution >= 4 is 23.4 Å². The minimum Gasteiger partial charge on any atom is -0.324 e. The average Bonchev–Trinajstić information content (AvgIpc) is 2.20. The van der Waals surface area contributed by atoms with Gasteiger partial charge in [0.1, 0.15) is 0 Å². The molecule has 2 N–H and O–H groups in total. The van der Waals surface area contributed by atoms with Crippen molar-refractivity contribution in [2.75, 3.05) is 5.75 Å². The predicted molar refractivity (Wildman–Crippen MR) is 69.7 cm³/mol. The third kappa shape index (κ3) is 4.06. The van der Waals surface area contributed by atoms with E-state index in [2.05, 4.69) is 19.1 Å². The van der Waals surface area contributed by atoms with Crippen molar-refractivity contribution in [3.05, 3.63) is 28.8 Å². The van der Waals surface area contributed by atoms with Crippen molar-refractivity contribution in [3.8, 4) is 0 Å². The van der Waals surface area contributed by atoms with E-state index >= 15 is 0 Å². The molecule has 0 fully saturated rings. The standard InChI is InChI=1S/C12H18ClNS/c1-3-4-7-15-12-6-5-10(9(2)14)8-11(12)13/h5-6,8-9H,3-4,7,14H2,1-2H3/t9-/m1/s1. The van der Waals surface area contributed by atoms with E-state index in [4.69, 9.17) is 17.3 Å². The highest BCUT2D eigenvalue weighted by Crippen LogP contribution is 2.29. The summed E-state index contributed by atoms with van der Waals surface area (Å²) in [7, 11) is 0. The second kappa shape index (κ2) is 6.41. The van der Waals surface area contributed by atoms with Crippen molar-refractivity contribution in [2.45, 2.75) is 37.6 Å². The molecule has 0 amide bonds. The Balaban J connectivity index is 2.66. The molecule has 1 atom stereocenters. The molecule has 1 aromatic carbocycles.